The van der Waals surface area contributed by atoms with Crippen LogP contribution in [0.25, 0.3) is 0 Å². The average Bonchev–Trinajstić information content (AvgIpc) is 3.29. The molecule has 1 N–H and O–H groups in total. The van der Waals surface area contributed by atoms with Crippen LogP contribution in [0.3, 0.4) is 0 Å². The predicted molar refractivity (Wildman–Crippen MR) is 103 cm³/mol. The van der Waals surface area contributed by atoms with Crippen molar-refractivity contribution in [1.29, 1.82) is 0 Å². The summed E-state index contributed by atoms with van der Waals surface area (Å²) in [6, 6.07) is 8.47. The van der Waals surface area contributed by atoms with Crippen LogP contribution in [-0.4, -0.2) is 47.6 Å². The van der Waals surface area contributed by atoms with Gasteiger partial charge in [0.25, 0.3) is 0 Å². The van der Waals surface area contributed by atoms with E-state index in [4.69, 9.17) is 0 Å². The molecule has 6 nitrogen and oxygen atoms in total. The maximum atomic E-state index is 4.61. The molecule has 2 aromatic rings. The minimum atomic E-state index is 0.720. The Morgan fingerprint density at radius 1 is 1.28 bits per heavy atom. The Balaban J connectivity index is 1.54. The number of rotatable bonds is 5. The molecule has 0 unspecified atom stereocenters. The van der Waals surface area contributed by atoms with Crippen molar-refractivity contribution in [2.45, 2.75) is 25.9 Å². The van der Waals surface area contributed by atoms with Crippen LogP contribution in [0.4, 0.5) is 5.82 Å². The number of hydrogen-bond donors (Lipinski definition) is 1. The summed E-state index contributed by atoms with van der Waals surface area (Å²) in [5, 5.41) is 3.42. The summed E-state index contributed by atoms with van der Waals surface area (Å²) in [4.78, 5) is 13.5. The summed E-state index contributed by atoms with van der Waals surface area (Å²) in [6.07, 6.45) is 6.57. The van der Waals surface area contributed by atoms with Gasteiger partial charge >= 0.3 is 0 Å². The largest absolute Gasteiger partial charge is 0.357 e. The number of aryl methyl sites for hydroxylation is 1. The number of nitrogens with zero attached hydrogens (tertiary/aromatic N) is 5. The summed E-state index contributed by atoms with van der Waals surface area (Å²) in [6.45, 7) is 3.79. The SMILES string of the molecule is CN=C(NCc1ccc(N2CCCC2)nc1)N(C)Cc1cccn1C. The van der Waals surface area contributed by atoms with Gasteiger partial charge in [0.1, 0.15) is 5.82 Å². The van der Waals surface area contributed by atoms with Gasteiger partial charge in [-0.1, -0.05) is 6.07 Å². The molecule has 3 rings (SSSR count). The number of anilines is 1. The summed E-state index contributed by atoms with van der Waals surface area (Å²) in [5.74, 6) is 1.97. The van der Waals surface area contributed by atoms with E-state index in [0.717, 1.165) is 43.5 Å². The molecule has 2 aromatic heterocycles. The van der Waals surface area contributed by atoms with Gasteiger partial charge in [0.2, 0.25) is 0 Å². The van der Waals surface area contributed by atoms with Crippen LogP contribution in [0.1, 0.15) is 24.1 Å². The standard InChI is InChI=1S/C19H28N6/c1-20-19(24(3)15-17-7-6-10-23(17)2)22-14-16-8-9-18(21-13-16)25-11-4-5-12-25/h6-10,13H,4-5,11-12,14-15H2,1-3H3,(H,20,22). The van der Waals surface area contributed by atoms with Crippen molar-refractivity contribution in [2.24, 2.45) is 12.0 Å². The summed E-state index contributed by atoms with van der Waals surface area (Å²) in [5.41, 5.74) is 2.42. The lowest BCUT2D eigenvalue weighted by Crippen LogP contribution is -2.38. The molecule has 134 valence electrons. The van der Waals surface area contributed by atoms with E-state index in [2.05, 4.69) is 74.2 Å². The van der Waals surface area contributed by atoms with Crippen LogP contribution in [0.15, 0.2) is 41.7 Å². The van der Waals surface area contributed by atoms with Gasteiger partial charge in [-0.05, 0) is 36.6 Å². The molecular weight excluding hydrogens is 312 g/mol. The first-order valence-electron chi connectivity index (χ1n) is 8.89. The lowest BCUT2D eigenvalue weighted by Gasteiger charge is -2.22. The van der Waals surface area contributed by atoms with Crippen molar-refractivity contribution >= 4 is 11.8 Å². The molecule has 0 aliphatic carbocycles. The van der Waals surface area contributed by atoms with Crippen molar-refractivity contribution in [3.05, 3.63) is 47.9 Å². The molecular formula is C19H28N6. The number of nitrogens with one attached hydrogen (secondary N) is 1. The number of pyridine rings is 1. The Morgan fingerprint density at radius 2 is 2.08 bits per heavy atom. The molecule has 1 saturated heterocycles. The van der Waals surface area contributed by atoms with Crippen molar-refractivity contribution in [2.75, 3.05) is 32.1 Å². The minimum Gasteiger partial charge on any atom is -0.357 e. The third-order valence-electron chi connectivity index (χ3n) is 4.71. The van der Waals surface area contributed by atoms with Crippen LogP contribution < -0.4 is 10.2 Å². The monoisotopic (exact) mass is 340 g/mol. The molecule has 0 radical (unpaired) electrons. The van der Waals surface area contributed by atoms with Gasteiger partial charge < -0.3 is 19.7 Å². The first-order chi connectivity index (χ1) is 12.2. The molecule has 0 bridgehead atoms. The van der Waals surface area contributed by atoms with E-state index in [-0.39, 0.29) is 0 Å². The highest BCUT2D eigenvalue weighted by atomic mass is 15.3. The minimum absolute atomic E-state index is 0.720. The zero-order valence-electron chi connectivity index (χ0n) is 15.4. The van der Waals surface area contributed by atoms with Crippen LogP contribution in [-0.2, 0) is 20.1 Å². The van der Waals surface area contributed by atoms with E-state index in [1.807, 2.05) is 13.2 Å². The van der Waals surface area contributed by atoms with E-state index in [1.165, 1.54) is 18.5 Å². The Kier molecular flexibility index (Phi) is 5.58. The van der Waals surface area contributed by atoms with Gasteiger partial charge in [-0.25, -0.2) is 4.98 Å². The third-order valence-corrected chi connectivity index (χ3v) is 4.71. The summed E-state index contributed by atoms with van der Waals surface area (Å²) < 4.78 is 2.13. The molecule has 0 aromatic carbocycles. The Labute approximate surface area is 150 Å². The highest BCUT2D eigenvalue weighted by Gasteiger charge is 2.13. The quantitative estimate of drug-likeness (QED) is 0.670. The third kappa shape index (κ3) is 4.32. The first kappa shape index (κ1) is 17.3. The van der Waals surface area contributed by atoms with E-state index >= 15 is 0 Å². The highest BCUT2D eigenvalue weighted by molar-refractivity contribution is 5.79. The molecule has 0 spiro atoms. The average molecular weight is 340 g/mol. The maximum absolute atomic E-state index is 4.61. The molecule has 6 heteroatoms. The Morgan fingerprint density at radius 3 is 2.68 bits per heavy atom. The molecule has 1 aliphatic heterocycles. The van der Waals surface area contributed by atoms with E-state index in [0.29, 0.717) is 0 Å². The van der Waals surface area contributed by atoms with E-state index in [9.17, 15) is 0 Å². The highest BCUT2D eigenvalue weighted by Crippen LogP contribution is 2.17. The van der Waals surface area contributed by atoms with Crippen LogP contribution in [0, 0.1) is 0 Å². The van der Waals surface area contributed by atoms with Gasteiger partial charge in [-0.15, -0.1) is 0 Å². The van der Waals surface area contributed by atoms with Crippen molar-refractivity contribution in [3.63, 3.8) is 0 Å². The van der Waals surface area contributed by atoms with E-state index < -0.39 is 0 Å². The van der Waals surface area contributed by atoms with Gasteiger partial charge in [-0.2, -0.15) is 0 Å². The van der Waals surface area contributed by atoms with Crippen molar-refractivity contribution in [3.8, 4) is 0 Å². The van der Waals surface area contributed by atoms with Crippen LogP contribution in [0.2, 0.25) is 0 Å². The first-order valence-corrected chi connectivity index (χ1v) is 8.89. The van der Waals surface area contributed by atoms with Gasteiger partial charge in [0, 0.05) is 58.9 Å². The van der Waals surface area contributed by atoms with E-state index in [1.54, 1.807) is 0 Å². The smallest absolute Gasteiger partial charge is 0.194 e. The number of aromatic nitrogens is 2. The molecule has 3 heterocycles. The van der Waals surface area contributed by atoms with Gasteiger partial charge in [-0.3, -0.25) is 4.99 Å². The molecule has 1 aliphatic rings. The fraction of sp³-hybridized carbons (Fsp3) is 0.474. The lowest BCUT2D eigenvalue weighted by atomic mass is 10.3. The van der Waals surface area contributed by atoms with Gasteiger partial charge in [0.15, 0.2) is 5.96 Å². The van der Waals surface area contributed by atoms with Gasteiger partial charge in [0.05, 0.1) is 6.54 Å². The normalized spacial score (nSPS) is 14.8. The molecule has 0 saturated carbocycles. The van der Waals surface area contributed by atoms with Crippen LogP contribution in [0.5, 0.6) is 0 Å². The second-order valence-corrected chi connectivity index (χ2v) is 6.59. The predicted octanol–water partition coefficient (Wildman–Crippen LogP) is 2.23. The summed E-state index contributed by atoms with van der Waals surface area (Å²) in [7, 11) is 5.93. The Bertz CT molecular complexity index is 697. The topological polar surface area (TPSA) is 48.7 Å². The molecule has 25 heavy (non-hydrogen) atoms. The fourth-order valence-corrected chi connectivity index (χ4v) is 3.20. The van der Waals surface area contributed by atoms with Crippen molar-refractivity contribution < 1.29 is 0 Å². The zero-order chi connectivity index (χ0) is 17.6. The number of hydrogen-bond acceptors (Lipinski definition) is 3. The zero-order valence-corrected chi connectivity index (χ0v) is 15.4. The maximum Gasteiger partial charge on any atom is 0.194 e. The lowest BCUT2D eigenvalue weighted by molar-refractivity contribution is 0.461. The number of guanidine groups is 1. The number of aliphatic imine (C=N–C) groups is 1. The van der Waals surface area contributed by atoms with Crippen LogP contribution >= 0.6 is 0 Å². The second kappa shape index (κ2) is 8.05. The summed E-state index contributed by atoms with van der Waals surface area (Å²) >= 11 is 0. The van der Waals surface area contributed by atoms with Crippen molar-refractivity contribution in [1.82, 2.24) is 19.8 Å². The molecule has 0 amide bonds. The molecule has 0 atom stereocenters. The second-order valence-electron chi connectivity index (χ2n) is 6.59. The Hall–Kier alpha value is -2.50. The fourth-order valence-electron chi connectivity index (χ4n) is 3.20. The molecule has 1 fully saturated rings.